The molecule has 2 aliphatic rings. The Morgan fingerprint density at radius 2 is 1.71 bits per heavy atom. The first-order valence-corrected chi connectivity index (χ1v) is 8.54. The van der Waals surface area contributed by atoms with Gasteiger partial charge in [0, 0.05) is 6.54 Å². The zero-order valence-corrected chi connectivity index (χ0v) is 13.9. The maximum absolute atomic E-state index is 12.6. The van der Waals surface area contributed by atoms with Gasteiger partial charge in [-0.3, -0.25) is 9.59 Å². The smallest absolute Gasteiger partial charge is 0.246 e. The van der Waals surface area contributed by atoms with Gasteiger partial charge in [0.25, 0.3) is 0 Å². The maximum atomic E-state index is 12.6. The second kappa shape index (κ2) is 6.80. The Labute approximate surface area is 128 Å². The fourth-order valence-corrected chi connectivity index (χ4v) is 3.65. The third kappa shape index (κ3) is 3.58. The van der Waals surface area contributed by atoms with Gasteiger partial charge in [-0.05, 0) is 37.5 Å². The molecule has 4 nitrogen and oxygen atoms in total. The van der Waals surface area contributed by atoms with Crippen LogP contribution in [0.15, 0.2) is 0 Å². The van der Waals surface area contributed by atoms with Crippen molar-refractivity contribution in [2.75, 3.05) is 6.54 Å². The molecule has 2 unspecified atom stereocenters. The lowest BCUT2D eigenvalue weighted by molar-refractivity contribution is -0.150. The van der Waals surface area contributed by atoms with Gasteiger partial charge >= 0.3 is 0 Å². The van der Waals surface area contributed by atoms with Crippen molar-refractivity contribution in [3.8, 4) is 0 Å². The van der Waals surface area contributed by atoms with Gasteiger partial charge in [0.15, 0.2) is 0 Å². The topological polar surface area (TPSA) is 49.4 Å². The molecule has 0 bridgehead atoms. The zero-order chi connectivity index (χ0) is 15.6. The van der Waals surface area contributed by atoms with Gasteiger partial charge in [-0.2, -0.15) is 0 Å². The van der Waals surface area contributed by atoms with E-state index in [-0.39, 0.29) is 29.8 Å². The number of hydrogen-bond acceptors (Lipinski definition) is 2. The lowest BCUT2D eigenvalue weighted by Gasteiger charge is -2.41. The van der Waals surface area contributed by atoms with Crippen molar-refractivity contribution in [2.24, 2.45) is 17.8 Å². The highest BCUT2D eigenvalue weighted by Gasteiger charge is 2.40. The summed E-state index contributed by atoms with van der Waals surface area (Å²) < 4.78 is 0. The summed E-state index contributed by atoms with van der Waals surface area (Å²) in [5.41, 5.74) is 0. The van der Waals surface area contributed by atoms with Crippen LogP contribution in [-0.2, 0) is 9.59 Å². The second-order valence-electron chi connectivity index (χ2n) is 7.19. The predicted octanol–water partition coefficient (Wildman–Crippen LogP) is 2.57. The first-order chi connectivity index (χ1) is 9.93. The standard InChI is InChI=1S/C17H30N2O2/c1-5-13-6-8-14(9-7-13)10-19-12(4)16(20)18-15(11(2)3)17(19)21/h11-15H,5-10H2,1-4H3,(H,18,20). The van der Waals surface area contributed by atoms with E-state index in [1.54, 1.807) is 0 Å². The van der Waals surface area contributed by atoms with Gasteiger partial charge in [0.05, 0.1) is 0 Å². The summed E-state index contributed by atoms with van der Waals surface area (Å²) in [6.45, 7) is 8.85. The van der Waals surface area contributed by atoms with Crippen LogP contribution in [0.4, 0.5) is 0 Å². The highest BCUT2D eigenvalue weighted by atomic mass is 16.2. The molecule has 0 radical (unpaired) electrons. The Balaban J connectivity index is 1.99. The average molecular weight is 294 g/mol. The molecule has 2 rings (SSSR count). The average Bonchev–Trinajstić information content (AvgIpc) is 2.47. The van der Waals surface area contributed by atoms with Crippen LogP contribution in [0, 0.1) is 17.8 Å². The lowest BCUT2D eigenvalue weighted by Crippen LogP contribution is -2.64. The Kier molecular flexibility index (Phi) is 5.28. The number of hydrogen-bond donors (Lipinski definition) is 1. The number of carbonyl (C=O) groups excluding carboxylic acids is 2. The molecule has 21 heavy (non-hydrogen) atoms. The molecule has 0 aromatic heterocycles. The van der Waals surface area contributed by atoms with E-state index >= 15 is 0 Å². The fourth-order valence-electron chi connectivity index (χ4n) is 3.65. The first-order valence-electron chi connectivity index (χ1n) is 8.54. The van der Waals surface area contributed by atoms with Gasteiger partial charge in [-0.1, -0.05) is 40.0 Å². The fraction of sp³-hybridized carbons (Fsp3) is 0.882. The molecule has 1 N–H and O–H groups in total. The van der Waals surface area contributed by atoms with E-state index < -0.39 is 0 Å². The minimum atomic E-state index is -0.347. The summed E-state index contributed by atoms with van der Waals surface area (Å²) in [5.74, 6) is 1.68. The van der Waals surface area contributed by atoms with Gasteiger partial charge in [0.1, 0.15) is 12.1 Å². The van der Waals surface area contributed by atoms with Crippen molar-refractivity contribution >= 4 is 11.8 Å². The van der Waals surface area contributed by atoms with Crippen LogP contribution < -0.4 is 5.32 Å². The Hall–Kier alpha value is -1.06. The lowest BCUT2D eigenvalue weighted by atomic mass is 9.80. The number of nitrogens with one attached hydrogen (secondary N) is 1. The summed E-state index contributed by atoms with van der Waals surface area (Å²) in [6, 6.07) is -0.669. The molecule has 2 fully saturated rings. The number of carbonyl (C=O) groups is 2. The SMILES string of the molecule is CCC1CCC(CN2C(=O)C(C(C)C)NC(=O)C2C)CC1. The van der Waals surface area contributed by atoms with E-state index in [0.29, 0.717) is 5.92 Å². The number of rotatable bonds is 4. The van der Waals surface area contributed by atoms with E-state index in [2.05, 4.69) is 12.2 Å². The number of nitrogens with zero attached hydrogens (tertiary/aromatic N) is 1. The van der Waals surface area contributed by atoms with Crippen LogP contribution >= 0.6 is 0 Å². The van der Waals surface area contributed by atoms with Crippen molar-refractivity contribution < 1.29 is 9.59 Å². The number of amides is 2. The van der Waals surface area contributed by atoms with Crippen molar-refractivity contribution in [1.29, 1.82) is 0 Å². The molecule has 1 aliphatic carbocycles. The monoisotopic (exact) mass is 294 g/mol. The molecular weight excluding hydrogens is 264 g/mol. The third-order valence-electron chi connectivity index (χ3n) is 5.36. The molecule has 1 aliphatic heterocycles. The molecular formula is C17H30N2O2. The van der Waals surface area contributed by atoms with Gasteiger partial charge in [-0.25, -0.2) is 0 Å². The number of piperazine rings is 1. The summed E-state index contributed by atoms with van der Waals surface area (Å²) >= 11 is 0. The minimum absolute atomic E-state index is 0.00413. The molecule has 0 aromatic rings. The molecule has 4 heteroatoms. The molecule has 0 aromatic carbocycles. The molecule has 2 atom stereocenters. The Bertz CT molecular complexity index is 386. The van der Waals surface area contributed by atoms with E-state index in [1.807, 2.05) is 25.7 Å². The van der Waals surface area contributed by atoms with Crippen LogP contribution in [0.5, 0.6) is 0 Å². The summed E-state index contributed by atoms with van der Waals surface area (Å²) in [4.78, 5) is 26.6. The molecule has 1 saturated heterocycles. The van der Waals surface area contributed by atoms with Crippen LogP contribution in [0.1, 0.15) is 59.8 Å². The summed E-state index contributed by atoms with van der Waals surface area (Å²) in [6.07, 6.45) is 6.21. The van der Waals surface area contributed by atoms with Crippen molar-refractivity contribution in [2.45, 2.75) is 71.9 Å². The van der Waals surface area contributed by atoms with Crippen molar-refractivity contribution in [3.63, 3.8) is 0 Å². The Morgan fingerprint density at radius 3 is 2.24 bits per heavy atom. The molecule has 120 valence electrons. The van der Waals surface area contributed by atoms with E-state index in [1.165, 1.54) is 32.1 Å². The van der Waals surface area contributed by atoms with Crippen LogP contribution in [-0.4, -0.2) is 35.3 Å². The Morgan fingerprint density at radius 1 is 1.14 bits per heavy atom. The van der Waals surface area contributed by atoms with Crippen molar-refractivity contribution in [1.82, 2.24) is 10.2 Å². The largest absolute Gasteiger partial charge is 0.342 e. The van der Waals surface area contributed by atoms with Crippen molar-refractivity contribution in [3.05, 3.63) is 0 Å². The van der Waals surface area contributed by atoms with Gasteiger partial charge in [-0.15, -0.1) is 0 Å². The van der Waals surface area contributed by atoms with Gasteiger partial charge < -0.3 is 10.2 Å². The normalized spacial score (nSPS) is 34.2. The molecule has 1 saturated carbocycles. The predicted molar refractivity (Wildman–Crippen MR) is 83.7 cm³/mol. The van der Waals surface area contributed by atoms with Crippen LogP contribution in [0.2, 0.25) is 0 Å². The maximum Gasteiger partial charge on any atom is 0.246 e. The highest BCUT2D eigenvalue weighted by Crippen LogP contribution is 2.32. The quantitative estimate of drug-likeness (QED) is 0.866. The van der Waals surface area contributed by atoms with E-state index in [0.717, 1.165) is 12.5 Å². The molecule has 1 heterocycles. The first kappa shape index (κ1) is 16.3. The summed E-state index contributed by atoms with van der Waals surface area (Å²) in [7, 11) is 0. The van der Waals surface area contributed by atoms with Gasteiger partial charge in [0.2, 0.25) is 11.8 Å². The molecule has 2 amide bonds. The van der Waals surface area contributed by atoms with Crippen LogP contribution in [0.25, 0.3) is 0 Å². The highest BCUT2D eigenvalue weighted by molar-refractivity contribution is 5.96. The van der Waals surface area contributed by atoms with E-state index in [9.17, 15) is 9.59 Å². The second-order valence-corrected chi connectivity index (χ2v) is 7.19. The van der Waals surface area contributed by atoms with Crippen LogP contribution in [0.3, 0.4) is 0 Å². The minimum Gasteiger partial charge on any atom is -0.342 e. The third-order valence-corrected chi connectivity index (χ3v) is 5.36. The zero-order valence-electron chi connectivity index (χ0n) is 13.9. The summed E-state index contributed by atoms with van der Waals surface area (Å²) in [5, 5.41) is 2.87. The van der Waals surface area contributed by atoms with E-state index in [4.69, 9.17) is 0 Å². The molecule has 0 spiro atoms.